The molecule has 98 valence electrons. The molecule has 0 bridgehead atoms. The summed E-state index contributed by atoms with van der Waals surface area (Å²) < 4.78 is 0. The average molecular weight is 234 g/mol. The second kappa shape index (κ2) is 11.7. The summed E-state index contributed by atoms with van der Waals surface area (Å²) in [7, 11) is 0. The van der Waals surface area contributed by atoms with Crippen LogP contribution in [0.2, 0.25) is 0 Å². The minimum atomic E-state index is 1.04. The first-order chi connectivity index (χ1) is 8.33. The van der Waals surface area contributed by atoms with Crippen molar-refractivity contribution in [1.29, 1.82) is 0 Å². The summed E-state index contributed by atoms with van der Waals surface area (Å²) in [5.74, 6) is 1.04. The fraction of sp³-hybridized carbons (Fsp3) is 0.647. The van der Waals surface area contributed by atoms with Gasteiger partial charge in [0.15, 0.2) is 0 Å². The van der Waals surface area contributed by atoms with Gasteiger partial charge in [0, 0.05) is 0 Å². The lowest BCUT2D eigenvalue weighted by atomic mass is 9.91. The van der Waals surface area contributed by atoms with Gasteiger partial charge in [-0.05, 0) is 17.9 Å². The molecule has 1 aliphatic rings. The van der Waals surface area contributed by atoms with Gasteiger partial charge in [-0.25, -0.2) is 0 Å². The number of rotatable bonds is 1. The summed E-state index contributed by atoms with van der Waals surface area (Å²) in [4.78, 5) is 0. The lowest BCUT2D eigenvalue weighted by Crippen LogP contribution is -1.99. The largest absolute Gasteiger partial charge is 0.0683 e. The Hall–Kier alpha value is -0.780. The van der Waals surface area contributed by atoms with Crippen molar-refractivity contribution in [3.8, 4) is 0 Å². The molecule has 0 radical (unpaired) electrons. The van der Waals surface area contributed by atoms with Gasteiger partial charge in [0.2, 0.25) is 0 Å². The van der Waals surface area contributed by atoms with E-state index in [4.69, 9.17) is 0 Å². The lowest BCUT2D eigenvalue weighted by molar-refractivity contribution is 0.385. The SMILES string of the molecule is CC.CC1CCCCC1.CCc1ccccc1. The molecule has 0 aliphatic heterocycles. The highest BCUT2D eigenvalue weighted by molar-refractivity contribution is 5.13. The van der Waals surface area contributed by atoms with Gasteiger partial charge in [0.05, 0.1) is 0 Å². The highest BCUT2D eigenvalue weighted by Gasteiger charge is 2.05. The third kappa shape index (κ3) is 8.97. The Balaban J connectivity index is 0.000000265. The van der Waals surface area contributed by atoms with E-state index in [1.165, 1.54) is 37.7 Å². The molecular weight excluding hydrogens is 204 g/mol. The molecular formula is C17H30. The van der Waals surface area contributed by atoms with E-state index in [0.29, 0.717) is 0 Å². The van der Waals surface area contributed by atoms with Gasteiger partial charge < -0.3 is 0 Å². The summed E-state index contributed by atoms with van der Waals surface area (Å²) >= 11 is 0. The molecule has 0 N–H and O–H groups in total. The fourth-order valence-electron chi connectivity index (χ4n) is 2.02. The van der Waals surface area contributed by atoms with Gasteiger partial charge in [0.1, 0.15) is 0 Å². The van der Waals surface area contributed by atoms with Gasteiger partial charge in [-0.15, -0.1) is 0 Å². The molecule has 0 heterocycles. The predicted molar refractivity (Wildman–Crippen MR) is 79.4 cm³/mol. The zero-order valence-electron chi connectivity index (χ0n) is 12.2. The molecule has 1 saturated carbocycles. The Labute approximate surface area is 108 Å². The molecule has 0 amide bonds. The fourth-order valence-corrected chi connectivity index (χ4v) is 2.02. The monoisotopic (exact) mass is 234 g/mol. The predicted octanol–water partition coefficient (Wildman–Crippen LogP) is 5.86. The summed E-state index contributed by atoms with van der Waals surface area (Å²) in [6.07, 6.45) is 8.58. The first-order valence-corrected chi connectivity index (χ1v) is 7.37. The van der Waals surface area contributed by atoms with E-state index in [0.717, 1.165) is 12.3 Å². The molecule has 0 spiro atoms. The zero-order valence-corrected chi connectivity index (χ0v) is 12.2. The topological polar surface area (TPSA) is 0 Å². The van der Waals surface area contributed by atoms with Crippen molar-refractivity contribution < 1.29 is 0 Å². The highest BCUT2D eigenvalue weighted by atomic mass is 14.1. The van der Waals surface area contributed by atoms with Crippen LogP contribution in [0.5, 0.6) is 0 Å². The van der Waals surface area contributed by atoms with E-state index >= 15 is 0 Å². The molecule has 1 fully saturated rings. The molecule has 17 heavy (non-hydrogen) atoms. The molecule has 1 aromatic rings. The number of hydrogen-bond acceptors (Lipinski definition) is 0. The van der Waals surface area contributed by atoms with Crippen molar-refractivity contribution in [1.82, 2.24) is 0 Å². The van der Waals surface area contributed by atoms with Crippen LogP contribution in [0.25, 0.3) is 0 Å². The number of aryl methyl sites for hydroxylation is 1. The normalized spacial score (nSPS) is 15.1. The molecule has 1 aromatic carbocycles. The van der Waals surface area contributed by atoms with Crippen LogP contribution < -0.4 is 0 Å². The number of hydrogen-bond donors (Lipinski definition) is 0. The van der Waals surface area contributed by atoms with Crippen LogP contribution in [-0.4, -0.2) is 0 Å². The second-order valence-electron chi connectivity index (χ2n) is 4.58. The van der Waals surface area contributed by atoms with Crippen LogP contribution in [-0.2, 0) is 6.42 Å². The van der Waals surface area contributed by atoms with E-state index < -0.39 is 0 Å². The van der Waals surface area contributed by atoms with Crippen LogP contribution in [0.3, 0.4) is 0 Å². The van der Waals surface area contributed by atoms with Gasteiger partial charge >= 0.3 is 0 Å². The quantitative estimate of drug-likeness (QED) is 0.570. The smallest absolute Gasteiger partial charge is 0.0307 e. The third-order valence-electron chi connectivity index (χ3n) is 3.14. The Kier molecular flexibility index (Phi) is 11.2. The van der Waals surface area contributed by atoms with Crippen molar-refractivity contribution in [3.05, 3.63) is 35.9 Å². The standard InChI is InChI=1S/C8H10.C7H14.C2H6/c1-2-8-6-4-3-5-7-8;1-7-5-3-2-4-6-7;1-2/h3-7H,2H2,1H3;7H,2-6H2,1H3;1-2H3. The molecule has 0 saturated heterocycles. The van der Waals surface area contributed by atoms with Crippen molar-refractivity contribution >= 4 is 0 Å². The summed E-state index contributed by atoms with van der Waals surface area (Å²) in [5, 5.41) is 0. The third-order valence-corrected chi connectivity index (χ3v) is 3.14. The van der Waals surface area contributed by atoms with Crippen molar-refractivity contribution in [3.63, 3.8) is 0 Å². The average Bonchev–Trinajstić information content (AvgIpc) is 2.43. The van der Waals surface area contributed by atoms with Crippen LogP contribution in [0.4, 0.5) is 0 Å². The van der Waals surface area contributed by atoms with E-state index in [9.17, 15) is 0 Å². The van der Waals surface area contributed by atoms with Crippen molar-refractivity contribution in [2.24, 2.45) is 5.92 Å². The van der Waals surface area contributed by atoms with E-state index in [-0.39, 0.29) is 0 Å². The van der Waals surface area contributed by atoms with Gasteiger partial charge in [-0.3, -0.25) is 0 Å². The Morgan fingerprint density at radius 1 is 0.941 bits per heavy atom. The first-order valence-electron chi connectivity index (χ1n) is 7.37. The molecule has 0 atom stereocenters. The molecule has 1 aliphatic carbocycles. The van der Waals surface area contributed by atoms with Crippen molar-refractivity contribution in [2.45, 2.75) is 66.2 Å². The van der Waals surface area contributed by atoms with E-state index in [2.05, 4.69) is 38.1 Å². The van der Waals surface area contributed by atoms with Gasteiger partial charge in [-0.2, -0.15) is 0 Å². The summed E-state index contributed by atoms with van der Waals surface area (Å²) in [6.45, 7) is 8.52. The maximum atomic E-state index is 2.36. The summed E-state index contributed by atoms with van der Waals surface area (Å²) in [5.41, 5.74) is 1.41. The Morgan fingerprint density at radius 2 is 1.47 bits per heavy atom. The Bertz CT molecular complexity index is 231. The first kappa shape index (κ1) is 16.2. The zero-order chi connectivity index (χ0) is 12.9. The molecule has 0 nitrogen and oxygen atoms in total. The maximum absolute atomic E-state index is 2.36. The molecule has 0 unspecified atom stereocenters. The van der Waals surface area contributed by atoms with Crippen LogP contribution >= 0.6 is 0 Å². The van der Waals surface area contributed by atoms with Crippen LogP contribution in [0.1, 0.15) is 65.4 Å². The molecule has 0 aromatic heterocycles. The van der Waals surface area contributed by atoms with Gasteiger partial charge in [0.25, 0.3) is 0 Å². The highest BCUT2D eigenvalue weighted by Crippen LogP contribution is 2.22. The molecule has 2 rings (SSSR count). The van der Waals surface area contributed by atoms with E-state index in [1.54, 1.807) is 0 Å². The van der Waals surface area contributed by atoms with Crippen molar-refractivity contribution in [2.75, 3.05) is 0 Å². The van der Waals surface area contributed by atoms with Crippen LogP contribution in [0.15, 0.2) is 30.3 Å². The Morgan fingerprint density at radius 3 is 1.76 bits per heavy atom. The molecule has 0 heteroatoms. The minimum absolute atomic E-state index is 1.04. The lowest BCUT2D eigenvalue weighted by Gasteiger charge is -2.15. The maximum Gasteiger partial charge on any atom is -0.0307 e. The minimum Gasteiger partial charge on any atom is -0.0683 e. The summed E-state index contributed by atoms with van der Waals surface area (Å²) in [6, 6.07) is 10.5. The van der Waals surface area contributed by atoms with Gasteiger partial charge in [-0.1, -0.05) is 90.1 Å². The van der Waals surface area contributed by atoms with Crippen LogP contribution in [0, 0.1) is 5.92 Å². The number of benzene rings is 1. The van der Waals surface area contributed by atoms with E-state index in [1.807, 2.05) is 19.9 Å². The second-order valence-corrected chi connectivity index (χ2v) is 4.58.